The third kappa shape index (κ3) is 3.86. The van der Waals surface area contributed by atoms with E-state index in [1.807, 2.05) is 116 Å². The van der Waals surface area contributed by atoms with Crippen LogP contribution in [0.4, 0.5) is 5.69 Å². The van der Waals surface area contributed by atoms with Gasteiger partial charge in [0.05, 0.1) is 35.0 Å². The van der Waals surface area contributed by atoms with Crippen LogP contribution in [-0.4, -0.2) is 24.2 Å². The van der Waals surface area contributed by atoms with E-state index in [2.05, 4.69) is 24.3 Å². The molecule has 47 heavy (non-hydrogen) atoms. The van der Waals surface area contributed by atoms with Crippen LogP contribution < -0.4 is 9.64 Å². The molecule has 5 aromatic rings. The minimum absolute atomic E-state index is 0.0584. The fraction of sp³-hybridized carbons (Fsp3) is 0.214. The molecule has 0 aromatic heterocycles. The molecule has 2 aliphatic carbocycles. The Labute approximate surface area is 274 Å². The first kappa shape index (κ1) is 29.1. The van der Waals surface area contributed by atoms with E-state index in [1.165, 1.54) is 4.90 Å². The molecule has 5 heteroatoms. The van der Waals surface area contributed by atoms with Gasteiger partial charge in [-0.3, -0.25) is 14.4 Å². The van der Waals surface area contributed by atoms with E-state index in [-0.39, 0.29) is 17.6 Å². The number of amides is 2. The molecule has 0 spiro atoms. The third-order valence-corrected chi connectivity index (χ3v) is 10.7. The van der Waals surface area contributed by atoms with E-state index in [0.717, 1.165) is 28.7 Å². The average Bonchev–Trinajstić information content (AvgIpc) is 3.64. The highest BCUT2D eigenvalue weighted by Crippen LogP contribution is 2.77. The van der Waals surface area contributed by atoms with Gasteiger partial charge in [0.15, 0.2) is 5.78 Å². The number of carbonyl (C=O) groups is 3. The maximum atomic E-state index is 16.0. The summed E-state index contributed by atoms with van der Waals surface area (Å²) in [6.07, 6.45) is 0.779. The smallest absolute Gasteiger partial charge is 0.239 e. The molecule has 2 amide bonds. The van der Waals surface area contributed by atoms with Crippen LogP contribution in [0.1, 0.15) is 47.4 Å². The van der Waals surface area contributed by atoms with Gasteiger partial charge in [0, 0.05) is 11.8 Å². The Morgan fingerprint density at radius 3 is 1.38 bits per heavy atom. The molecule has 3 aliphatic rings. The first-order valence-electron chi connectivity index (χ1n) is 16.4. The van der Waals surface area contributed by atoms with E-state index < -0.39 is 34.5 Å². The van der Waals surface area contributed by atoms with Crippen molar-refractivity contribution >= 4 is 23.3 Å². The minimum atomic E-state index is -1.32. The van der Waals surface area contributed by atoms with Gasteiger partial charge in [-0.05, 0) is 40.8 Å². The van der Waals surface area contributed by atoms with Crippen LogP contribution in [0.5, 0.6) is 5.75 Å². The Kier molecular flexibility index (Phi) is 6.94. The average molecular weight is 618 g/mol. The lowest BCUT2D eigenvalue weighted by Gasteiger charge is -2.46. The van der Waals surface area contributed by atoms with Crippen LogP contribution >= 0.6 is 0 Å². The molecule has 0 radical (unpaired) electrons. The van der Waals surface area contributed by atoms with Crippen LogP contribution in [0, 0.1) is 11.8 Å². The molecule has 6 atom stereocenters. The standard InChI is InChI=1S/C42H35NO4/c1-2-27-47-33-26-16-15-25-32(33)43-38(44)36-37(39(43)45)42(31-23-13-6-14-24-31)35(29-19-9-4-10-20-29)34(28-17-7-3-8-18-28)41(36,40(42)46)30-21-11-5-12-22-30/h3-26,34-37H,2,27H2,1H3/t34-,35-,36-,37+,41+,42+/m1/s1. The van der Waals surface area contributed by atoms with Crippen molar-refractivity contribution < 1.29 is 19.1 Å². The van der Waals surface area contributed by atoms with Gasteiger partial charge < -0.3 is 4.74 Å². The van der Waals surface area contributed by atoms with Crippen molar-refractivity contribution in [1.82, 2.24) is 0 Å². The second-order valence-electron chi connectivity index (χ2n) is 12.9. The summed E-state index contributed by atoms with van der Waals surface area (Å²) in [6.45, 7) is 2.47. The van der Waals surface area contributed by atoms with Gasteiger partial charge in [0.2, 0.25) is 11.8 Å². The zero-order valence-electron chi connectivity index (χ0n) is 26.2. The number of ketones is 1. The monoisotopic (exact) mass is 617 g/mol. The van der Waals surface area contributed by atoms with Gasteiger partial charge in [-0.25, -0.2) is 4.90 Å². The lowest BCUT2D eigenvalue weighted by Crippen LogP contribution is -2.49. The molecule has 5 nitrogen and oxygen atoms in total. The molecule has 232 valence electrons. The zero-order valence-corrected chi connectivity index (χ0v) is 26.2. The Hall–Kier alpha value is -5.29. The number of hydrogen-bond donors (Lipinski definition) is 0. The van der Waals surface area contributed by atoms with E-state index in [4.69, 9.17) is 4.74 Å². The zero-order chi connectivity index (χ0) is 32.2. The summed E-state index contributed by atoms with van der Waals surface area (Å²) in [7, 11) is 0. The maximum Gasteiger partial charge on any atom is 0.239 e. The van der Waals surface area contributed by atoms with Crippen molar-refractivity contribution in [3.05, 3.63) is 168 Å². The largest absolute Gasteiger partial charge is 0.491 e. The second kappa shape index (κ2) is 11.2. The number of nitrogens with zero attached hydrogens (tertiary/aromatic N) is 1. The predicted molar refractivity (Wildman–Crippen MR) is 181 cm³/mol. The van der Waals surface area contributed by atoms with E-state index in [1.54, 1.807) is 12.1 Å². The van der Waals surface area contributed by atoms with Crippen molar-refractivity contribution in [3.63, 3.8) is 0 Å². The number of fused-ring (bicyclic) bond motifs is 5. The number of ether oxygens (including phenoxy) is 1. The lowest BCUT2D eigenvalue weighted by molar-refractivity contribution is -0.131. The van der Waals surface area contributed by atoms with Gasteiger partial charge in [-0.2, -0.15) is 0 Å². The predicted octanol–water partition coefficient (Wildman–Crippen LogP) is 7.62. The normalized spacial score (nSPS) is 27.7. The van der Waals surface area contributed by atoms with Crippen molar-refractivity contribution in [2.75, 3.05) is 11.5 Å². The molecular weight excluding hydrogens is 582 g/mol. The number of rotatable bonds is 8. The van der Waals surface area contributed by atoms with Crippen LogP contribution in [0.25, 0.3) is 0 Å². The summed E-state index contributed by atoms with van der Waals surface area (Å²) in [5.74, 6) is -2.97. The van der Waals surface area contributed by atoms with Crippen LogP contribution in [0.2, 0.25) is 0 Å². The van der Waals surface area contributed by atoms with Crippen molar-refractivity contribution in [3.8, 4) is 5.75 Å². The van der Waals surface area contributed by atoms with Crippen molar-refractivity contribution in [2.45, 2.75) is 36.0 Å². The quantitative estimate of drug-likeness (QED) is 0.168. The summed E-state index contributed by atoms with van der Waals surface area (Å²) in [6, 6.07) is 46.9. The molecule has 8 rings (SSSR count). The molecule has 0 N–H and O–H groups in total. The molecule has 1 heterocycles. The topological polar surface area (TPSA) is 63.7 Å². The molecular formula is C42H35NO4. The number of anilines is 1. The molecule has 1 aliphatic heterocycles. The second-order valence-corrected chi connectivity index (χ2v) is 12.9. The summed E-state index contributed by atoms with van der Waals surface area (Å²) in [5.41, 5.74) is 1.28. The SMILES string of the molecule is CCCOc1ccccc1N1C(=O)[C@@H]2[C@H](C1=O)[C@@]1(c3ccccc3)C(=O)[C@@]2(c2ccccc2)[C@H](c2ccccc2)[C@H]1c1ccccc1. The van der Waals surface area contributed by atoms with Crippen LogP contribution in [-0.2, 0) is 25.2 Å². The first-order chi connectivity index (χ1) is 23.1. The number of imide groups is 1. The first-order valence-corrected chi connectivity index (χ1v) is 16.4. The molecule has 0 unspecified atom stereocenters. The highest BCUT2D eigenvalue weighted by Gasteiger charge is 2.86. The molecule has 2 saturated carbocycles. The Morgan fingerprint density at radius 2 is 0.936 bits per heavy atom. The van der Waals surface area contributed by atoms with E-state index in [0.29, 0.717) is 18.0 Å². The molecule has 2 bridgehead atoms. The lowest BCUT2D eigenvalue weighted by atomic mass is 9.52. The number of hydrogen-bond acceptors (Lipinski definition) is 4. The molecule has 5 aromatic carbocycles. The number of Topliss-reactive ketones (excluding diaryl/α,β-unsaturated/α-hetero) is 1. The number of benzene rings is 5. The van der Waals surface area contributed by atoms with Crippen LogP contribution in [0.15, 0.2) is 146 Å². The van der Waals surface area contributed by atoms with E-state index >= 15 is 14.4 Å². The van der Waals surface area contributed by atoms with Crippen molar-refractivity contribution in [2.24, 2.45) is 11.8 Å². The Balaban J connectivity index is 1.49. The van der Waals surface area contributed by atoms with Crippen molar-refractivity contribution in [1.29, 1.82) is 0 Å². The molecule has 1 saturated heterocycles. The summed E-state index contributed by atoms with van der Waals surface area (Å²) in [5, 5.41) is 0. The maximum absolute atomic E-state index is 16.0. The summed E-state index contributed by atoms with van der Waals surface area (Å²) >= 11 is 0. The Morgan fingerprint density at radius 1 is 0.532 bits per heavy atom. The fourth-order valence-corrected chi connectivity index (χ4v) is 9.26. The van der Waals surface area contributed by atoms with Crippen LogP contribution in [0.3, 0.4) is 0 Å². The van der Waals surface area contributed by atoms with Gasteiger partial charge in [-0.1, -0.05) is 140 Å². The minimum Gasteiger partial charge on any atom is -0.491 e. The number of para-hydroxylation sites is 2. The molecule has 3 fully saturated rings. The third-order valence-electron chi connectivity index (χ3n) is 10.7. The summed E-state index contributed by atoms with van der Waals surface area (Å²) in [4.78, 5) is 47.8. The van der Waals surface area contributed by atoms with Gasteiger partial charge >= 0.3 is 0 Å². The summed E-state index contributed by atoms with van der Waals surface area (Å²) < 4.78 is 6.10. The number of carbonyl (C=O) groups excluding carboxylic acids is 3. The van der Waals surface area contributed by atoms with Gasteiger partial charge in [-0.15, -0.1) is 0 Å². The fourth-order valence-electron chi connectivity index (χ4n) is 9.26. The van der Waals surface area contributed by atoms with Gasteiger partial charge in [0.25, 0.3) is 0 Å². The Bertz CT molecular complexity index is 1840. The van der Waals surface area contributed by atoms with Gasteiger partial charge in [0.1, 0.15) is 5.75 Å². The highest BCUT2D eigenvalue weighted by atomic mass is 16.5. The van der Waals surface area contributed by atoms with E-state index in [9.17, 15) is 0 Å². The highest BCUT2D eigenvalue weighted by molar-refractivity contribution is 6.30.